The SMILES string of the molecule is CC(Cc1ccc(Cl)cc1)NCc1ccc(O)c(Br)c1. The largest absolute Gasteiger partial charge is 0.507 e. The van der Waals surface area contributed by atoms with E-state index in [1.54, 1.807) is 6.07 Å². The zero-order chi connectivity index (χ0) is 14.5. The minimum Gasteiger partial charge on any atom is -0.507 e. The van der Waals surface area contributed by atoms with E-state index in [1.807, 2.05) is 24.3 Å². The molecule has 2 nitrogen and oxygen atoms in total. The molecular weight excluding hydrogens is 338 g/mol. The summed E-state index contributed by atoms with van der Waals surface area (Å²) in [5.74, 6) is 0.267. The van der Waals surface area contributed by atoms with Crippen molar-refractivity contribution in [1.82, 2.24) is 5.32 Å². The van der Waals surface area contributed by atoms with Gasteiger partial charge in [-0.1, -0.05) is 29.8 Å². The van der Waals surface area contributed by atoms with Crippen molar-refractivity contribution >= 4 is 27.5 Å². The molecule has 0 fully saturated rings. The van der Waals surface area contributed by atoms with Gasteiger partial charge in [-0.15, -0.1) is 0 Å². The highest BCUT2D eigenvalue weighted by Gasteiger charge is 2.05. The summed E-state index contributed by atoms with van der Waals surface area (Å²) in [5, 5.41) is 13.7. The predicted octanol–water partition coefficient (Wildman–Crippen LogP) is 4.53. The van der Waals surface area contributed by atoms with Gasteiger partial charge in [-0.05, 0) is 64.7 Å². The van der Waals surface area contributed by atoms with Crippen LogP contribution in [0, 0.1) is 0 Å². The molecule has 0 radical (unpaired) electrons. The van der Waals surface area contributed by atoms with Crippen LogP contribution in [0.25, 0.3) is 0 Å². The van der Waals surface area contributed by atoms with Gasteiger partial charge in [0.05, 0.1) is 4.47 Å². The second-order valence-electron chi connectivity index (χ2n) is 4.90. The Morgan fingerprint density at radius 3 is 2.45 bits per heavy atom. The molecule has 2 aromatic carbocycles. The lowest BCUT2D eigenvalue weighted by Gasteiger charge is -2.14. The number of rotatable bonds is 5. The van der Waals surface area contributed by atoms with E-state index >= 15 is 0 Å². The summed E-state index contributed by atoms with van der Waals surface area (Å²) < 4.78 is 0.724. The van der Waals surface area contributed by atoms with Crippen LogP contribution in [-0.2, 0) is 13.0 Å². The third-order valence-corrected chi connectivity index (χ3v) is 4.01. The Balaban J connectivity index is 1.86. The maximum absolute atomic E-state index is 9.46. The first kappa shape index (κ1) is 15.4. The van der Waals surface area contributed by atoms with Gasteiger partial charge in [0.1, 0.15) is 5.75 Å². The van der Waals surface area contributed by atoms with Crippen molar-refractivity contribution < 1.29 is 5.11 Å². The topological polar surface area (TPSA) is 32.3 Å². The highest BCUT2D eigenvalue weighted by molar-refractivity contribution is 9.10. The number of phenolic OH excluding ortho intramolecular Hbond substituents is 1. The third kappa shape index (κ3) is 4.51. The number of aromatic hydroxyl groups is 1. The maximum atomic E-state index is 9.46. The summed E-state index contributed by atoms with van der Waals surface area (Å²) in [7, 11) is 0. The Kier molecular flexibility index (Phi) is 5.46. The molecule has 20 heavy (non-hydrogen) atoms. The molecule has 2 aromatic rings. The van der Waals surface area contributed by atoms with Crippen LogP contribution in [0.4, 0.5) is 0 Å². The molecule has 0 aromatic heterocycles. The van der Waals surface area contributed by atoms with E-state index in [4.69, 9.17) is 11.6 Å². The van der Waals surface area contributed by atoms with Crippen LogP contribution in [0.2, 0.25) is 5.02 Å². The fourth-order valence-electron chi connectivity index (χ4n) is 2.00. The van der Waals surface area contributed by atoms with Gasteiger partial charge in [0.15, 0.2) is 0 Å². The molecule has 0 aliphatic rings. The van der Waals surface area contributed by atoms with E-state index in [0.717, 1.165) is 28.0 Å². The van der Waals surface area contributed by atoms with Gasteiger partial charge in [0.2, 0.25) is 0 Å². The third-order valence-electron chi connectivity index (χ3n) is 3.12. The summed E-state index contributed by atoms with van der Waals surface area (Å²) in [6, 6.07) is 13.9. The molecule has 0 bridgehead atoms. The first-order valence-corrected chi connectivity index (χ1v) is 7.67. The van der Waals surface area contributed by atoms with Crippen LogP contribution in [0.15, 0.2) is 46.9 Å². The van der Waals surface area contributed by atoms with Crippen molar-refractivity contribution in [1.29, 1.82) is 0 Å². The standard InChI is InChI=1S/C16H17BrClNO/c1-11(8-12-2-5-14(18)6-3-12)19-10-13-4-7-16(20)15(17)9-13/h2-7,9,11,19-20H,8,10H2,1H3. The van der Waals surface area contributed by atoms with Crippen molar-refractivity contribution in [2.75, 3.05) is 0 Å². The van der Waals surface area contributed by atoms with E-state index in [2.05, 4.69) is 40.3 Å². The van der Waals surface area contributed by atoms with Crippen LogP contribution >= 0.6 is 27.5 Å². The molecule has 0 aliphatic carbocycles. The normalized spacial score (nSPS) is 12.3. The van der Waals surface area contributed by atoms with Crippen molar-refractivity contribution in [3.05, 3.63) is 63.1 Å². The Hall–Kier alpha value is -1.03. The second kappa shape index (κ2) is 7.11. The Morgan fingerprint density at radius 1 is 1.15 bits per heavy atom. The minimum absolute atomic E-state index is 0.267. The highest BCUT2D eigenvalue weighted by Crippen LogP contribution is 2.24. The molecule has 4 heteroatoms. The molecular formula is C16H17BrClNO. The fourth-order valence-corrected chi connectivity index (χ4v) is 2.55. The smallest absolute Gasteiger partial charge is 0.129 e. The summed E-state index contributed by atoms with van der Waals surface area (Å²) in [4.78, 5) is 0. The van der Waals surface area contributed by atoms with Gasteiger partial charge in [0, 0.05) is 17.6 Å². The molecule has 1 atom stereocenters. The molecule has 0 aliphatic heterocycles. The lowest BCUT2D eigenvalue weighted by Crippen LogP contribution is -2.27. The van der Waals surface area contributed by atoms with Crippen LogP contribution in [0.5, 0.6) is 5.75 Å². The minimum atomic E-state index is 0.267. The lowest BCUT2D eigenvalue weighted by atomic mass is 10.1. The zero-order valence-corrected chi connectivity index (χ0v) is 13.6. The average molecular weight is 355 g/mol. The Morgan fingerprint density at radius 2 is 1.80 bits per heavy atom. The van der Waals surface area contributed by atoms with E-state index in [1.165, 1.54) is 5.56 Å². The number of hydrogen-bond donors (Lipinski definition) is 2. The molecule has 0 saturated carbocycles. The quantitative estimate of drug-likeness (QED) is 0.827. The fraction of sp³-hybridized carbons (Fsp3) is 0.250. The number of benzene rings is 2. The Labute approximate surface area is 132 Å². The monoisotopic (exact) mass is 353 g/mol. The summed E-state index contributed by atoms with van der Waals surface area (Å²) in [6.45, 7) is 2.93. The van der Waals surface area contributed by atoms with E-state index in [-0.39, 0.29) is 5.75 Å². The summed E-state index contributed by atoms with van der Waals surface area (Å²) in [5.41, 5.74) is 2.40. The molecule has 0 heterocycles. The van der Waals surface area contributed by atoms with Gasteiger partial charge in [-0.25, -0.2) is 0 Å². The first-order chi connectivity index (χ1) is 9.54. The van der Waals surface area contributed by atoms with Crippen LogP contribution in [0.3, 0.4) is 0 Å². The van der Waals surface area contributed by atoms with Gasteiger partial charge < -0.3 is 10.4 Å². The van der Waals surface area contributed by atoms with Crippen LogP contribution in [0.1, 0.15) is 18.1 Å². The molecule has 0 spiro atoms. The second-order valence-corrected chi connectivity index (χ2v) is 6.19. The van der Waals surface area contributed by atoms with Crippen LogP contribution in [-0.4, -0.2) is 11.1 Å². The van der Waals surface area contributed by atoms with Gasteiger partial charge in [0.25, 0.3) is 0 Å². The molecule has 2 N–H and O–H groups in total. The molecule has 0 amide bonds. The number of halogens is 2. The molecule has 2 rings (SSSR count). The Bertz CT molecular complexity index is 571. The molecule has 1 unspecified atom stereocenters. The van der Waals surface area contributed by atoms with Gasteiger partial charge >= 0.3 is 0 Å². The van der Waals surface area contributed by atoms with E-state index in [9.17, 15) is 5.11 Å². The lowest BCUT2D eigenvalue weighted by molar-refractivity contribution is 0.471. The predicted molar refractivity (Wildman–Crippen MR) is 87.3 cm³/mol. The first-order valence-electron chi connectivity index (χ1n) is 6.50. The van der Waals surface area contributed by atoms with Gasteiger partial charge in [-0.3, -0.25) is 0 Å². The van der Waals surface area contributed by atoms with Crippen molar-refractivity contribution in [2.45, 2.75) is 25.9 Å². The van der Waals surface area contributed by atoms with Crippen LogP contribution < -0.4 is 5.32 Å². The van der Waals surface area contributed by atoms with Crippen molar-refractivity contribution in [2.24, 2.45) is 0 Å². The van der Waals surface area contributed by atoms with Crippen molar-refractivity contribution in [3.8, 4) is 5.75 Å². The van der Waals surface area contributed by atoms with E-state index in [0.29, 0.717) is 6.04 Å². The number of hydrogen-bond acceptors (Lipinski definition) is 2. The molecule has 106 valence electrons. The number of nitrogens with one attached hydrogen (secondary N) is 1. The zero-order valence-electron chi connectivity index (χ0n) is 11.2. The average Bonchev–Trinajstić information content (AvgIpc) is 2.43. The summed E-state index contributed by atoms with van der Waals surface area (Å²) in [6.07, 6.45) is 0.955. The molecule has 0 saturated heterocycles. The summed E-state index contributed by atoms with van der Waals surface area (Å²) >= 11 is 9.20. The highest BCUT2D eigenvalue weighted by atomic mass is 79.9. The van der Waals surface area contributed by atoms with Gasteiger partial charge in [-0.2, -0.15) is 0 Å². The maximum Gasteiger partial charge on any atom is 0.129 e. The van der Waals surface area contributed by atoms with Crippen molar-refractivity contribution in [3.63, 3.8) is 0 Å². The number of phenols is 1. The van der Waals surface area contributed by atoms with E-state index < -0.39 is 0 Å².